The van der Waals surface area contributed by atoms with Gasteiger partial charge in [-0.05, 0) is 40.2 Å². The number of carbonyl (C=O) groups excluding carboxylic acids is 1. The summed E-state index contributed by atoms with van der Waals surface area (Å²) in [6.07, 6.45) is 1.44. The number of amides is 1. The summed E-state index contributed by atoms with van der Waals surface area (Å²) in [5.74, 6) is -0.210. The summed E-state index contributed by atoms with van der Waals surface area (Å²) in [5, 5.41) is 6.08. The number of ether oxygens (including phenoxy) is 1. The summed E-state index contributed by atoms with van der Waals surface area (Å²) in [6, 6.07) is 5.16. The van der Waals surface area contributed by atoms with Crippen molar-refractivity contribution in [2.24, 2.45) is 0 Å². The van der Waals surface area contributed by atoms with E-state index in [9.17, 15) is 9.18 Å². The van der Waals surface area contributed by atoms with Crippen molar-refractivity contribution < 1.29 is 13.9 Å². The molecule has 23 heavy (non-hydrogen) atoms. The second-order valence-corrected chi connectivity index (χ2v) is 6.84. The van der Waals surface area contributed by atoms with Crippen LogP contribution in [0.25, 0.3) is 0 Å². The van der Waals surface area contributed by atoms with Crippen LogP contribution in [0.4, 0.5) is 9.18 Å². The maximum atomic E-state index is 13.8. The third kappa shape index (κ3) is 7.98. The number of carbonyl (C=O) groups is 1. The topological polar surface area (TPSA) is 50.4 Å². The Morgan fingerprint density at radius 3 is 2.65 bits per heavy atom. The maximum absolute atomic E-state index is 13.8. The van der Waals surface area contributed by atoms with E-state index in [2.05, 4.69) is 17.6 Å². The highest BCUT2D eigenvalue weighted by molar-refractivity contribution is 5.67. The lowest BCUT2D eigenvalue weighted by molar-refractivity contribution is 0.0521. The molecule has 0 spiro atoms. The molecule has 130 valence electrons. The summed E-state index contributed by atoms with van der Waals surface area (Å²) in [7, 11) is 0. The normalized spacial score (nSPS) is 12.8. The molecule has 0 bridgehead atoms. The quantitative estimate of drug-likeness (QED) is 0.799. The lowest BCUT2D eigenvalue weighted by Crippen LogP contribution is -2.42. The molecule has 0 radical (unpaired) electrons. The number of benzene rings is 1. The van der Waals surface area contributed by atoms with E-state index in [0.29, 0.717) is 18.7 Å². The molecule has 1 unspecified atom stereocenters. The van der Waals surface area contributed by atoms with Gasteiger partial charge in [0, 0.05) is 24.7 Å². The minimum absolute atomic E-state index is 0.0763. The molecule has 0 heterocycles. The van der Waals surface area contributed by atoms with Crippen molar-refractivity contribution in [3.05, 3.63) is 35.1 Å². The Bertz CT molecular complexity index is 512. The number of aryl methyl sites for hydroxylation is 1. The Morgan fingerprint density at radius 1 is 1.35 bits per heavy atom. The summed E-state index contributed by atoms with van der Waals surface area (Å²) < 4.78 is 19.0. The first kappa shape index (κ1) is 19.4. The van der Waals surface area contributed by atoms with Crippen molar-refractivity contribution in [3.63, 3.8) is 0 Å². The van der Waals surface area contributed by atoms with Crippen LogP contribution in [-0.2, 0) is 11.3 Å². The van der Waals surface area contributed by atoms with Gasteiger partial charge in [-0.25, -0.2) is 9.18 Å². The van der Waals surface area contributed by atoms with Gasteiger partial charge in [0.05, 0.1) is 0 Å². The van der Waals surface area contributed by atoms with Crippen LogP contribution < -0.4 is 10.6 Å². The molecule has 1 rings (SSSR count). The highest BCUT2D eigenvalue weighted by Gasteiger charge is 2.17. The Morgan fingerprint density at radius 2 is 2.04 bits per heavy atom. The fraction of sp³-hybridized carbons (Fsp3) is 0.611. The van der Waals surface area contributed by atoms with Crippen LogP contribution in [-0.4, -0.2) is 24.3 Å². The van der Waals surface area contributed by atoms with Crippen molar-refractivity contribution in [1.29, 1.82) is 0 Å². The van der Waals surface area contributed by atoms with Gasteiger partial charge in [0.2, 0.25) is 0 Å². The largest absolute Gasteiger partial charge is 0.444 e. The van der Waals surface area contributed by atoms with E-state index in [0.717, 1.165) is 18.4 Å². The highest BCUT2D eigenvalue weighted by atomic mass is 19.1. The van der Waals surface area contributed by atoms with Crippen molar-refractivity contribution in [3.8, 4) is 0 Å². The van der Waals surface area contributed by atoms with Crippen LogP contribution in [0.2, 0.25) is 0 Å². The van der Waals surface area contributed by atoms with Gasteiger partial charge in [-0.2, -0.15) is 0 Å². The summed E-state index contributed by atoms with van der Waals surface area (Å²) >= 11 is 0. The molecule has 1 amide bonds. The van der Waals surface area contributed by atoms with Gasteiger partial charge in [0.15, 0.2) is 0 Å². The van der Waals surface area contributed by atoms with Crippen LogP contribution in [0.5, 0.6) is 0 Å². The molecule has 5 heteroatoms. The van der Waals surface area contributed by atoms with Crippen LogP contribution >= 0.6 is 0 Å². The zero-order valence-corrected chi connectivity index (χ0v) is 14.8. The van der Waals surface area contributed by atoms with Crippen molar-refractivity contribution >= 4 is 6.09 Å². The fourth-order valence-corrected chi connectivity index (χ4v) is 2.24. The Balaban J connectivity index is 2.51. The number of hydrogen-bond donors (Lipinski definition) is 2. The number of alkyl carbamates (subject to hydrolysis) is 1. The molecular weight excluding hydrogens is 295 g/mol. The van der Waals surface area contributed by atoms with Gasteiger partial charge in [-0.1, -0.05) is 31.0 Å². The molecular formula is C18H29FN2O2. The third-order valence-electron chi connectivity index (χ3n) is 3.31. The van der Waals surface area contributed by atoms with E-state index in [4.69, 9.17) is 4.74 Å². The summed E-state index contributed by atoms with van der Waals surface area (Å²) in [5.41, 5.74) is 1.16. The van der Waals surface area contributed by atoms with Gasteiger partial charge < -0.3 is 15.4 Å². The second kappa shape index (κ2) is 8.87. The Hall–Kier alpha value is -1.62. The predicted octanol–water partition coefficient (Wildman–Crippen LogP) is 3.92. The molecule has 2 N–H and O–H groups in total. The highest BCUT2D eigenvalue weighted by Crippen LogP contribution is 2.11. The van der Waals surface area contributed by atoms with E-state index in [1.807, 2.05) is 33.8 Å². The molecule has 0 aliphatic rings. The first-order valence-corrected chi connectivity index (χ1v) is 8.16. The first-order valence-electron chi connectivity index (χ1n) is 8.16. The Labute approximate surface area is 138 Å². The van der Waals surface area contributed by atoms with Crippen LogP contribution in [0.3, 0.4) is 0 Å². The van der Waals surface area contributed by atoms with Crippen molar-refractivity contribution in [2.45, 2.75) is 65.6 Å². The molecule has 0 saturated carbocycles. The summed E-state index contributed by atoms with van der Waals surface area (Å²) in [6.45, 7) is 10.4. The van der Waals surface area contributed by atoms with Gasteiger partial charge >= 0.3 is 6.09 Å². The Kier molecular flexibility index (Phi) is 7.49. The molecule has 1 aromatic rings. The van der Waals surface area contributed by atoms with E-state index < -0.39 is 11.7 Å². The lowest BCUT2D eigenvalue weighted by Gasteiger charge is -2.22. The van der Waals surface area contributed by atoms with E-state index >= 15 is 0 Å². The van der Waals surface area contributed by atoms with E-state index in [-0.39, 0.29) is 11.9 Å². The van der Waals surface area contributed by atoms with E-state index in [1.165, 1.54) is 6.07 Å². The lowest BCUT2D eigenvalue weighted by atomic mass is 10.1. The zero-order chi connectivity index (χ0) is 17.5. The maximum Gasteiger partial charge on any atom is 0.407 e. The van der Waals surface area contributed by atoms with Crippen LogP contribution in [0, 0.1) is 12.7 Å². The second-order valence-electron chi connectivity index (χ2n) is 6.84. The number of hydrogen-bond acceptors (Lipinski definition) is 3. The average Bonchev–Trinajstić information content (AvgIpc) is 2.43. The molecule has 0 fully saturated rings. The third-order valence-corrected chi connectivity index (χ3v) is 3.31. The molecule has 0 aliphatic heterocycles. The smallest absolute Gasteiger partial charge is 0.407 e. The standard InChI is InChI=1S/C18H29FN2O2/c1-6-7-15(12-21-17(22)23-18(3,4)5)20-11-14-10-13(2)8-9-16(14)19/h8-10,15,20H,6-7,11-12H2,1-5H3,(H,21,22). The minimum atomic E-state index is -0.511. The van der Waals surface area contributed by atoms with Crippen molar-refractivity contribution in [1.82, 2.24) is 10.6 Å². The number of halogens is 1. The monoisotopic (exact) mass is 324 g/mol. The van der Waals surface area contributed by atoms with Gasteiger partial charge in [-0.3, -0.25) is 0 Å². The minimum Gasteiger partial charge on any atom is -0.444 e. The SMILES string of the molecule is CCCC(CNC(=O)OC(C)(C)C)NCc1cc(C)ccc1F. The molecule has 4 nitrogen and oxygen atoms in total. The fourth-order valence-electron chi connectivity index (χ4n) is 2.24. The van der Waals surface area contributed by atoms with Gasteiger partial charge in [-0.15, -0.1) is 0 Å². The average molecular weight is 324 g/mol. The number of rotatable bonds is 7. The molecule has 0 aliphatic carbocycles. The van der Waals surface area contributed by atoms with Crippen LogP contribution in [0.15, 0.2) is 18.2 Å². The van der Waals surface area contributed by atoms with Crippen molar-refractivity contribution in [2.75, 3.05) is 6.54 Å². The molecule has 0 saturated heterocycles. The predicted molar refractivity (Wildman–Crippen MR) is 90.9 cm³/mol. The van der Waals surface area contributed by atoms with E-state index in [1.54, 1.807) is 6.07 Å². The van der Waals surface area contributed by atoms with Crippen LogP contribution in [0.1, 0.15) is 51.7 Å². The van der Waals surface area contributed by atoms with Gasteiger partial charge in [0.25, 0.3) is 0 Å². The first-order chi connectivity index (χ1) is 10.7. The number of nitrogens with one attached hydrogen (secondary N) is 2. The molecule has 0 aromatic heterocycles. The molecule has 1 aromatic carbocycles. The van der Waals surface area contributed by atoms with Gasteiger partial charge in [0.1, 0.15) is 11.4 Å². The zero-order valence-electron chi connectivity index (χ0n) is 14.8. The summed E-state index contributed by atoms with van der Waals surface area (Å²) in [4.78, 5) is 11.7. The molecule has 1 atom stereocenters.